The quantitative estimate of drug-likeness (QED) is 0.720. The van der Waals surface area contributed by atoms with Gasteiger partial charge in [-0.3, -0.25) is 0 Å². The number of benzene rings is 1. The molecule has 0 aliphatic carbocycles. The molecule has 15 heavy (non-hydrogen) atoms. The number of aromatic carboxylic acids is 1. The molecule has 1 aromatic heterocycles. The summed E-state index contributed by atoms with van der Waals surface area (Å²) in [5.74, 6) is -1.50. The maximum Gasteiger partial charge on any atom is 0.377 e. The second-order valence-corrected chi connectivity index (χ2v) is 2.72. The van der Waals surface area contributed by atoms with Crippen LogP contribution in [0.5, 0.6) is 5.75 Å². The molecule has 0 bridgehead atoms. The molecule has 76 valence electrons. The maximum absolute atomic E-state index is 10.5. The molecular weight excluding hydrogens is 200 g/mol. The van der Waals surface area contributed by atoms with Gasteiger partial charge >= 0.3 is 5.97 Å². The highest BCUT2D eigenvalue weighted by molar-refractivity contribution is 5.82. The van der Waals surface area contributed by atoms with E-state index in [9.17, 15) is 4.79 Å². The van der Waals surface area contributed by atoms with E-state index in [-0.39, 0.29) is 11.6 Å². The largest absolute Gasteiger partial charge is 0.508 e. The number of hydrogen-bond acceptors (Lipinski definition) is 5. The highest BCUT2D eigenvalue weighted by Crippen LogP contribution is 2.11. The van der Waals surface area contributed by atoms with E-state index in [0.29, 0.717) is 5.69 Å². The lowest BCUT2D eigenvalue weighted by molar-refractivity contribution is 0.0683. The van der Waals surface area contributed by atoms with Crippen molar-refractivity contribution in [1.82, 2.24) is 20.2 Å². The van der Waals surface area contributed by atoms with Gasteiger partial charge in [-0.25, -0.2) is 4.79 Å². The van der Waals surface area contributed by atoms with E-state index in [2.05, 4.69) is 15.4 Å². The lowest BCUT2D eigenvalue weighted by atomic mass is 10.3. The number of aromatic hydroxyl groups is 1. The fourth-order valence-corrected chi connectivity index (χ4v) is 0.995. The van der Waals surface area contributed by atoms with Crippen LogP contribution in [0.1, 0.15) is 10.6 Å². The number of carbonyl (C=O) groups is 1. The summed E-state index contributed by atoms with van der Waals surface area (Å²) in [5, 5.41) is 28.1. The molecule has 0 unspecified atom stereocenters. The Balaban J connectivity index is 2.37. The summed E-state index contributed by atoms with van der Waals surface area (Å²) in [6, 6.07) is 5.98. The second-order valence-electron chi connectivity index (χ2n) is 2.72. The van der Waals surface area contributed by atoms with E-state index in [0.717, 1.165) is 4.80 Å². The van der Waals surface area contributed by atoms with Gasteiger partial charge in [0.2, 0.25) is 0 Å². The van der Waals surface area contributed by atoms with Crippen molar-refractivity contribution in [1.29, 1.82) is 0 Å². The first kappa shape index (κ1) is 9.13. The highest BCUT2D eigenvalue weighted by atomic mass is 16.4. The fraction of sp³-hybridized carbons (Fsp3) is 0. The number of tetrazole rings is 1. The predicted octanol–water partition coefficient (Wildman–Crippen LogP) is 0.0661. The minimum atomic E-state index is -1.24. The summed E-state index contributed by atoms with van der Waals surface area (Å²) in [6.07, 6.45) is 0. The Morgan fingerprint density at radius 1 is 1.27 bits per heavy atom. The average molecular weight is 206 g/mol. The van der Waals surface area contributed by atoms with Gasteiger partial charge in [0.25, 0.3) is 5.82 Å². The van der Waals surface area contributed by atoms with Gasteiger partial charge in [0.05, 0.1) is 5.69 Å². The van der Waals surface area contributed by atoms with Crippen molar-refractivity contribution in [3.05, 3.63) is 30.1 Å². The maximum atomic E-state index is 10.5. The minimum absolute atomic E-state index is 0.109. The number of carboxylic acid groups (broad SMARTS) is 1. The van der Waals surface area contributed by atoms with Crippen LogP contribution in [0, 0.1) is 0 Å². The van der Waals surface area contributed by atoms with Crippen LogP contribution in [-0.4, -0.2) is 36.4 Å². The van der Waals surface area contributed by atoms with E-state index in [1.165, 1.54) is 12.1 Å². The second kappa shape index (κ2) is 3.37. The van der Waals surface area contributed by atoms with Crippen LogP contribution >= 0.6 is 0 Å². The molecule has 0 saturated heterocycles. The topological polar surface area (TPSA) is 101 Å². The van der Waals surface area contributed by atoms with Crippen LogP contribution in [0.25, 0.3) is 5.69 Å². The summed E-state index contributed by atoms with van der Waals surface area (Å²) in [7, 11) is 0. The number of nitrogens with zero attached hydrogens (tertiary/aromatic N) is 4. The molecule has 1 heterocycles. The zero-order valence-electron chi connectivity index (χ0n) is 7.40. The highest BCUT2D eigenvalue weighted by Gasteiger charge is 2.10. The van der Waals surface area contributed by atoms with E-state index in [4.69, 9.17) is 10.2 Å². The molecule has 0 aliphatic rings. The van der Waals surface area contributed by atoms with Gasteiger partial charge in [0.1, 0.15) is 5.75 Å². The fourth-order valence-electron chi connectivity index (χ4n) is 0.995. The molecule has 0 radical (unpaired) electrons. The monoisotopic (exact) mass is 206 g/mol. The van der Waals surface area contributed by atoms with Gasteiger partial charge in [-0.1, -0.05) is 0 Å². The first-order valence-corrected chi connectivity index (χ1v) is 3.99. The first-order chi connectivity index (χ1) is 7.16. The Labute approximate surface area is 83.6 Å². The molecule has 0 atom stereocenters. The number of phenolic OH excluding ortho intramolecular Hbond substituents is 1. The predicted molar refractivity (Wildman–Crippen MR) is 47.8 cm³/mol. The van der Waals surface area contributed by atoms with Crippen LogP contribution < -0.4 is 0 Å². The normalized spacial score (nSPS) is 10.1. The average Bonchev–Trinajstić information content (AvgIpc) is 2.68. The molecule has 7 heteroatoms. The first-order valence-electron chi connectivity index (χ1n) is 3.99. The molecule has 1 aromatic carbocycles. The SMILES string of the molecule is O=C(O)c1nnn(-c2ccc(O)cc2)n1. The van der Waals surface area contributed by atoms with E-state index >= 15 is 0 Å². The summed E-state index contributed by atoms with van der Waals surface area (Å²) in [6.45, 7) is 0. The van der Waals surface area contributed by atoms with Crippen molar-refractivity contribution in [3.8, 4) is 11.4 Å². The lowest BCUT2D eigenvalue weighted by Crippen LogP contribution is -2.02. The zero-order chi connectivity index (χ0) is 10.8. The van der Waals surface area contributed by atoms with E-state index < -0.39 is 5.97 Å². The third-order valence-electron chi connectivity index (χ3n) is 1.69. The number of aromatic nitrogens is 4. The third-order valence-corrected chi connectivity index (χ3v) is 1.69. The molecule has 0 aliphatic heterocycles. The van der Waals surface area contributed by atoms with E-state index in [1.54, 1.807) is 12.1 Å². The molecule has 2 aromatic rings. The van der Waals surface area contributed by atoms with Gasteiger partial charge in [0, 0.05) is 0 Å². The van der Waals surface area contributed by atoms with Crippen LogP contribution in [0.4, 0.5) is 0 Å². The minimum Gasteiger partial charge on any atom is -0.508 e. The van der Waals surface area contributed by atoms with Crippen molar-refractivity contribution in [3.63, 3.8) is 0 Å². The number of carboxylic acids is 1. The molecule has 2 N–H and O–H groups in total. The lowest BCUT2D eigenvalue weighted by Gasteiger charge is -1.96. The molecule has 0 fully saturated rings. The molecule has 0 spiro atoms. The van der Waals surface area contributed by atoms with Crippen LogP contribution in [0.2, 0.25) is 0 Å². The summed E-state index contributed by atoms with van der Waals surface area (Å²) in [4.78, 5) is 11.6. The Morgan fingerprint density at radius 2 is 1.93 bits per heavy atom. The Morgan fingerprint density at radius 3 is 2.47 bits per heavy atom. The Kier molecular flexibility index (Phi) is 2.05. The van der Waals surface area contributed by atoms with Gasteiger partial charge < -0.3 is 10.2 Å². The van der Waals surface area contributed by atoms with Crippen molar-refractivity contribution in [2.75, 3.05) is 0 Å². The van der Waals surface area contributed by atoms with Gasteiger partial charge in [0.15, 0.2) is 0 Å². The van der Waals surface area contributed by atoms with Gasteiger partial charge in [-0.15, -0.1) is 15.0 Å². The van der Waals surface area contributed by atoms with Crippen LogP contribution in [0.15, 0.2) is 24.3 Å². The van der Waals surface area contributed by atoms with Gasteiger partial charge in [-0.2, -0.15) is 0 Å². The zero-order valence-corrected chi connectivity index (χ0v) is 7.40. The number of hydrogen-bond donors (Lipinski definition) is 2. The molecule has 0 amide bonds. The van der Waals surface area contributed by atoms with Crippen LogP contribution in [0.3, 0.4) is 0 Å². The van der Waals surface area contributed by atoms with Crippen molar-refractivity contribution in [2.45, 2.75) is 0 Å². The standard InChI is InChI=1S/C8H6N4O3/c13-6-3-1-5(2-4-6)12-10-7(8(14)15)9-11-12/h1-4,13H,(H,14,15). The summed E-state index contributed by atoms with van der Waals surface area (Å²) in [5.41, 5.74) is 0.521. The molecule has 7 nitrogen and oxygen atoms in total. The van der Waals surface area contributed by atoms with Gasteiger partial charge in [-0.05, 0) is 29.5 Å². The smallest absolute Gasteiger partial charge is 0.377 e. The molecule has 0 saturated carbocycles. The Hall–Kier alpha value is -2.44. The number of phenols is 1. The third kappa shape index (κ3) is 1.75. The Bertz CT molecular complexity index is 491. The molecule has 2 rings (SSSR count). The van der Waals surface area contributed by atoms with Crippen molar-refractivity contribution in [2.24, 2.45) is 0 Å². The summed E-state index contributed by atoms with van der Waals surface area (Å²) >= 11 is 0. The van der Waals surface area contributed by atoms with Crippen LogP contribution in [-0.2, 0) is 0 Å². The van der Waals surface area contributed by atoms with Crippen molar-refractivity contribution >= 4 is 5.97 Å². The number of rotatable bonds is 2. The molecular formula is C8H6N4O3. The summed E-state index contributed by atoms with van der Waals surface area (Å²) < 4.78 is 0. The van der Waals surface area contributed by atoms with E-state index in [1.807, 2.05) is 0 Å². The van der Waals surface area contributed by atoms with Crippen molar-refractivity contribution < 1.29 is 15.0 Å².